The van der Waals surface area contributed by atoms with Gasteiger partial charge in [-0.3, -0.25) is 9.59 Å². The van der Waals surface area contributed by atoms with Crippen LogP contribution < -0.4 is 5.73 Å². The summed E-state index contributed by atoms with van der Waals surface area (Å²) in [5, 5.41) is 35.9. The molecule has 0 spiro atoms. The molecule has 0 saturated carbocycles. The molecule has 4 atom stereocenters. The fourth-order valence-electron chi connectivity index (χ4n) is 1.05. The molecule has 7 heteroatoms. The molecule has 2 unspecified atom stereocenters. The normalized spacial score (nSPS) is 18.6. The number of ketones is 2. The van der Waals surface area contributed by atoms with Gasteiger partial charge >= 0.3 is 0 Å². The molecule has 6 N–H and O–H groups in total. The highest BCUT2D eigenvalue weighted by Crippen LogP contribution is 2.04. The Morgan fingerprint density at radius 3 is 2.06 bits per heavy atom. The van der Waals surface area contributed by atoms with E-state index < -0.39 is 42.5 Å². The maximum atomic E-state index is 11.3. The molecule has 0 saturated heterocycles. The monoisotopic (exact) mass is 235 g/mol. The fourth-order valence-corrected chi connectivity index (χ4v) is 1.05. The van der Waals surface area contributed by atoms with Crippen LogP contribution in [0.2, 0.25) is 0 Å². The molecule has 94 valence electrons. The molecular weight excluding hydrogens is 218 g/mol. The standard InChI is InChI=1S/C9H17NO6/c1-2-4(12)7(14)6(10)9(16)8(15)5(13)3-11/h4-7,11-14H,2-3,10H2,1H3/t4?,5-,6+,7?/m1/s1. The van der Waals surface area contributed by atoms with Crippen molar-refractivity contribution in [1.29, 1.82) is 0 Å². The lowest BCUT2D eigenvalue weighted by Gasteiger charge is -2.21. The van der Waals surface area contributed by atoms with Crippen LogP contribution >= 0.6 is 0 Å². The van der Waals surface area contributed by atoms with Crippen LogP contribution in [0, 0.1) is 0 Å². The van der Waals surface area contributed by atoms with Crippen LogP contribution in [0.25, 0.3) is 0 Å². The number of aliphatic hydroxyl groups is 4. The van der Waals surface area contributed by atoms with Gasteiger partial charge in [-0.2, -0.15) is 0 Å². The van der Waals surface area contributed by atoms with E-state index in [1.54, 1.807) is 6.92 Å². The molecule has 0 fully saturated rings. The second-order valence-electron chi connectivity index (χ2n) is 3.42. The van der Waals surface area contributed by atoms with Crippen molar-refractivity contribution in [2.24, 2.45) is 5.73 Å². The first-order valence-electron chi connectivity index (χ1n) is 4.85. The van der Waals surface area contributed by atoms with E-state index in [1.807, 2.05) is 0 Å². The van der Waals surface area contributed by atoms with Gasteiger partial charge in [0, 0.05) is 0 Å². The highest BCUT2D eigenvalue weighted by molar-refractivity contribution is 6.40. The molecule has 16 heavy (non-hydrogen) atoms. The quantitative estimate of drug-likeness (QED) is 0.295. The number of rotatable bonds is 7. The average molecular weight is 235 g/mol. The van der Waals surface area contributed by atoms with Crippen LogP contribution in [-0.2, 0) is 9.59 Å². The average Bonchev–Trinajstić information content (AvgIpc) is 2.32. The Morgan fingerprint density at radius 2 is 1.69 bits per heavy atom. The summed E-state index contributed by atoms with van der Waals surface area (Å²) in [5.74, 6) is -2.50. The largest absolute Gasteiger partial charge is 0.393 e. The van der Waals surface area contributed by atoms with Crippen molar-refractivity contribution in [3.63, 3.8) is 0 Å². The van der Waals surface area contributed by atoms with Gasteiger partial charge in [-0.15, -0.1) is 0 Å². The zero-order valence-electron chi connectivity index (χ0n) is 8.91. The smallest absolute Gasteiger partial charge is 0.230 e. The Hall–Kier alpha value is -0.860. The third-order valence-electron chi connectivity index (χ3n) is 2.20. The van der Waals surface area contributed by atoms with Crippen molar-refractivity contribution in [2.45, 2.75) is 37.7 Å². The van der Waals surface area contributed by atoms with E-state index >= 15 is 0 Å². The van der Waals surface area contributed by atoms with E-state index in [-0.39, 0.29) is 6.42 Å². The van der Waals surface area contributed by atoms with Crippen molar-refractivity contribution in [1.82, 2.24) is 0 Å². The highest BCUT2D eigenvalue weighted by atomic mass is 16.3. The van der Waals surface area contributed by atoms with Crippen LogP contribution in [0.4, 0.5) is 0 Å². The molecule has 0 radical (unpaired) electrons. The van der Waals surface area contributed by atoms with Gasteiger partial charge in [-0.1, -0.05) is 6.92 Å². The van der Waals surface area contributed by atoms with Gasteiger partial charge in [0.1, 0.15) is 18.2 Å². The van der Waals surface area contributed by atoms with Crippen LogP contribution in [0.3, 0.4) is 0 Å². The van der Waals surface area contributed by atoms with Crippen molar-refractivity contribution < 1.29 is 30.0 Å². The number of carbonyl (C=O) groups excluding carboxylic acids is 2. The number of carbonyl (C=O) groups is 2. The number of aliphatic hydroxyl groups excluding tert-OH is 4. The van der Waals surface area contributed by atoms with Crippen LogP contribution in [-0.4, -0.2) is 63.0 Å². The van der Waals surface area contributed by atoms with Gasteiger partial charge in [0.2, 0.25) is 11.6 Å². The minimum absolute atomic E-state index is 0.166. The van der Waals surface area contributed by atoms with Crippen molar-refractivity contribution in [3.05, 3.63) is 0 Å². The predicted molar refractivity (Wildman–Crippen MR) is 53.4 cm³/mol. The Kier molecular flexibility index (Phi) is 6.31. The minimum atomic E-state index is -1.84. The zero-order valence-corrected chi connectivity index (χ0v) is 8.91. The van der Waals surface area contributed by atoms with Gasteiger partial charge in [0.15, 0.2) is 0 Å². The van der Waals surface area contributed by atoms with Gasteiger partial charge in [0.05, 0.1) is 12.7 Å². The first kappa shape index (κ1) is 15.1. The van der Waals surface area contributed by atoms with Gasteiger partial charge in [0.25, 0.3) is 0 Å². The molecule has 0 aliphatic rings. The minimum Gasteiger partial charge on any atom is -0.393 e. The van der Waals surface area contributed by atoms with Crippen molar-refractivity contribution >= 4 is 11.6 Å². The molecule has 0 aromatic heterocycles. The predicted octanol–water partition coefficient (Wildman–Crippen LogP) is -3.06. The first-order valence-corrected chi connectivity index (χ1v) is 4.85. The topological polar surface area (TPSA) is 141 Å². The second kappa shape index (κ2) is 6.66. The van der Waals surface area contributed by atoms with Gasteiger partial charge in [-0.05, 0) is 6.42 Å². The third-order valence-corrected chi connectivity index (χ3v) is 2.20. The van der Waals surface area contributed by atoms with Gasteiger partial charge < -0.3 is 26.2 Å². The second-order valence-corrected chi connectivity index (χ2v) is 3.42. The Bertz CT molecular complexity index is 256. The highest BCUT2D eigenvalue weighted by Gasteiger charge is 2.34. The maximum Gasteiger partial charge on any atom is 0.230 e. The van der Waals surface area contributed by atoms with Gasteiger partial charge in [-0.25, -0.2) is 0 Å². The lowest BCUT2D eigenvalue weighted by atomic mass is 9.96. The van der Waals surface area contributed by atoms with Crippen LogP contribution in [0.15, 0.2) is 0 Å². The maximum absolute atomic E-state index is 11.3. The number of hydrogen-bond donors (Lipinski definition) is 5. The Balaban J connectivity index is 4.55. The molecule has 0 bridgehead atoms. The lowest BCUT2D eigenvalue weighted by Crippen LogP contribution is -2.52. The summed E-state index contributed by atoms with van der Waals surface area (Å²) in [6, 6.07) is -1.61. The number of hydrogen-bond acceptors (Lipinski definition) is 7. The van der Waals surface area contributed by atoms with E-state index in [9.17, 15) is 19.8 Å². The molecule has 7 nitrogen and oxygen atoms in total. The number of nitrogens with two attached hydrogens (primary N) is 1. The van der Waals surface area contributed by atoms with Crippen molar-refractivity contribution in [3.8, 4) is 0 Å². The molecule has 0 rings (SSSR count). The lowest BCUT2D eigenvalue weighted by molar-refractivity contribution is -0.145. The summed E-state index contributed by atoms with van der Waals surface area (Å²) in [6.45, 7) is 0.666. The van der Waals surface area contributed by atoms with E-state index in [2.05, 4.69) is 0 Å². The molecule has 0 aliphatic carbocycles. The third kappa shape index (κ3) is 3.62. The van der Waals surface area contributed by atoms with E-state index in [4.69, 9.17) is 15.9 Å². The molecule has 0 amide bonds. The summed E-state index contributed by atoms with van der Waals surface area (Å²) in [4.78, 5) is 22.4. The van der Waals surface area contributed by atoms with Crippen molar-refractivity contribution in [2.75, 3.05) is 6.61 Å². The molecular formula is C9H17NO6. The van der Waals surface area contributed by atoms with E-state index in [0.29, 0.717) is 0 Å². The molecule has 0 aromatic carbocycles. The summed E-state index contributed by atoms with van der Waals surface area (Å²) in [6.07, 6.45) is -4.48. The molecule has 0 aliphatic heterocycles. The SMILES string of the molecule is CCC(O)C(O)[C@H](N)C(=O)C(=O)[C@H](O)CO. The summed E-state index contributed by atoms with van der Waals surface area (Å²) in [7, 11) is 0. The zero-order chi connectivity index (χ0) is 12.9. The van der Waals surface area contributed by atoms with Crippen LogP contribution in [0.5, 0.6) is 0 Å². The fraction of sp³-hybridized carbons (Fsp3) is 0.778. The molecule has 0 aromatic rings. The van der Waals surface area contributed by atoms with Crippen LogP contribution in [0.1, 0.15) is 13.3 Å². The van der Waals surface area contributed by atoms with E-state index in [0.717, 1.165) is 0 Å². The summed E-state index contributed by atoms with van der Waals surface area (Å²) in [5.41, 5.74) is 5.26. The Morgan fingerprint density at radius 1 is 1.19 bits per heavy atom. The summed E-state index contributed by atoms with van der Waals surface area (Å²) >= 11 is 0. The van der Waals surface area contributed by atoms with E-state index in [1.165, 1.54) is 0 Å². The first-order chi connectivity index (χ1) is 7.36. The number of Topliss-reactive ketones (excluding diaryl/α,β-unsaturated/α-hetero) is 2. The summed E-state index contributed by atoms with van der Waals surface area (Å²) < 4.78 is 0. The molecule has 0 heterocycles. The Labute approximate surface area is 92.5 Å².